The Labute approximate surface area is 127 Å². The minimum atomic E-state index is -0.246. The molecule has 3 aromatic rings. The SMILES string of the molecule is Fc1ccc(CNc2nccc(NCc3ccco3)n2)cc1. The van der Waals surface area contributed by atoms with Crippen molar-refractivity contribution in [1.82, 2.24) is 9.97 Å². The number of hydrogen-bond donors (Lipinski definition) is 2. The van der Waals surface area contributed by atoms with Gasteiger partial charge in [-0.25, -0.2) is 9.37 Å². The molecule has 6 heteroatoms. The first-order chi connectivity index (χ1) is 10.8. The van der Waals surface area contributed by atoms with Crippen LogP contribution < -0.4 is 10.6 Å². The number of aromatic nitrogens is 2. The van der Waals surface area contributed by atoms with Crippen LogP contribution in [0.2, 0.25) is 0 Å². The summed E-state index contributed by atoms with van der Waals surface area (Å²) in [5.74, 6) is 1.80. The molecule has 0 amide bonds. The second-order valence-electron chi connectivity index (χ2n) is 4.68. The number of nitrogens with one attached hydrogen (secondary N) is 2. The number of halogens is 1. The van der Waals surface area contributed by atoms with E-state index in [4.69, 9.17) is 4.42 Å². The lowest BCUT2D eigenvalue weighted by atomic mass is 10.2. The third-order valence-corrected chi connectivity index (χ3v) is 3.04. The van der Waals surface area contributed by atoms with Gasteiger partial charge in [-0.05, 0) is 35.9 Å². The molecule has 0 saturated carbocycles. The first-order valence-electron chi connectivity index (χ1n) is 6.87. The summed E-state index contributed by atoms with van der Waals surface area (Å²) in [5, 5.41) is 6.26. The van der Waals surface area contributed by atoms with Crippen LogP contribution in [0.25, 0.3) is 0 Å². The molecule has 0 aliphatic heterocycles. The van der Waals surface area contributed by atoms with Crippen LogP contribution in [-0.2, 0) is 13.1 Å². The first kappa shape index (κ1) is 14.1. The fraction of sp³-hybridized carbons (Fsp3) is 0.125. The molecule has 0 unspecified atom stereocenters. The van der Waals surface area contributed by atoms with Crippen molar-refractivity contribution >= 4 is 11.8 Å². The summed E-state index contributed by atoms with van der Waals surface area (Å²) in [4.78, 5) is 8.51. The van der Waals surface area contributed by atoms with Crippen molar-refractivity contribution in [2.45, 2.75) is 13.1 Å². The van der Waals surface area contributed by atoms with Gasteiger partial charge in [0.1, 0.15) is 17.4 Å². The maximum absolute atomic E-state index is 12.8. The van der Waals surface area contributed by atoms with Crippen LogP contribution in [0, 0.1) is 5.82 Å². The summed E-state index contributed by atoms with van der Waals surface area (Å²) >= 11 is 0. The van der Waals surface area contributed by atoms with Gasteiger partial charge >= 0.3 is 0 Å². The number of anilines is 2. The van der Waals surface area contributed by atoms with E-state index in [1.165, 1.54) is 12.1 Å². The zero-order chi connectivity index (χ0) is 15.2. The van der Waals surface area contributed by atoms with E-state index in [2.05, 4.69) is 20.6 Å². The summed E-state index contributed by atoms with van der Waals surface area (Å²) < 4.78 is 18.1. The van der Waals surface area contributed by atoms with E-state index in [1.54, 1.807) is 30.7 Å². The molecule has 3 rings (SSSR count). The van der Waals surface area contributed by atoms with Gasteiger partial charge in [-0.3, -0.25) is 0 Å². The van der Waals surface area contributed by atoms with Gasteiger partial charge < -0.3 is 15.1 Å². The van der Waals surface area contributed by atoms with Crippen molar-refractivity contribution in [3.05, 3.63) is 72.1 Å². The number of furan rings is 1. The Kier molecular flexibility index (Phi) is 4.29. The van der Waals surface area contributed by atoms with E-state index < -0.39 is 0 Å². The Balaban J connectivity index is 1.57. The summed E-state index contributed by atoms with van der Waals surface area (Å²) in [7, 11) is 0. The molecular formula is C16H15FN4O. The number of hydrogen-bond acceptors (Lipinski definition) is 5. The highest BCUT2D eigenvalue weighted by Gasteiger charge is 2.01. The van der Waals surface area contributed by atoms with Gasteiger partial charge in [-0.1, -0.05) is 12.1 Å². The van der Waals surface area contributed by atoms with Crippen LogP contribution in [0.4, 0.5) is 16.2 Å². The summed E-state index contributed by atoms with van der Waals surface area (Å²) in [6.45, 7) is 1.09. The molecule has 0 fully saturated rings. The molecular weight excluding hydrogens is 283 g/mol. The van der Waals surface area contributed by atoms with Crippen LogP contribution in [0.3, 0.4) is 0 Å². The molecule has 112 valence electrons. The Morgan fingerprint density at radius 2 is 1.86 bits per heavy atom. The molecule has 0 radical (unpaired) electrons. The van der Waals surface area contributed by atoms with Gasteiger partial charge in [-0.15, -0.1) is 0 Å². The molecule has 2 aromatic heterocycles. The number of benzene rings is 1. The fourth-order valence-electron chi connectivity index (χ4n) is 1.92. The summed E-state index contributed by atoms with van der Waals surface area (Å²) in [6.07, 6.45) is 3.30. The van der Waals surface area contributed by atoms with Crippen LogP contribution in [0.15, 0.2) is 59.3 Å². The molecule has 0 saturated heterocycles. The lowest BCUT2D eigenvalue weighted by molar-refractivity contribution is 0.518. The second kappa shape index (κ2) is 6.71. The molecule has 2 heterocycles. The molecule has 0 aliphatic carbocycles. The van der Waals surface area contributed by atoms with Crippen molar-refractivity contribution < 1.29 is 8.81 Å². The zero-order valence-electron chi connectivity index (χ0n) is 11.8. The fourth-order valence-corrected chi connectivity index (χ4v) is 1.92. The summed E-state index contributed by atoms with van der Waals surface area (Å²) in [5.41, 5.74) is 0.957. The predicted molar refractivity (Wildman–Crippen MR) is 81.8 cm³/mol. The van der Waals surface area contributed by atoms with E-state index in [0.717, 1.165) is 11.3 Å². The third-order valence-electron chi connectivity index (χ3n) is 3.04. The lowest BCUT2D eigenvalue weighted by Gasteiger charge is -2.07. The van der Waals surface area contributed by atoms with E-state index in [9.17, 15) is 4.39 Å². The highest BCUT2D eigenvalue weighted by atomic mass is 19.1. The van der Waals surface area contributed by atoms with E-state index in [0.29, 0.717) is 24.9 Å². The van der Waals surface area contributed by atoms with E-state index >= 15 is 0 Å². The lowest BCUT2D eigenvalue weighted by Crippen LogP contribution is -2.06. The minimum Gasteiger partial charge on any atom is -0.467 e. The normalized spacial score (nSPS) is 10.4. The molecule has 0 bridgehead atoms. The average Bonchev–Trinajstić information content (AvgIpc) is 3.06. The number of rotatable bonds is 6. The van der Waals surface area contributed by atoms with Crippen LogP contribution in [0.1, 0.15) is 11.3 Å². The van der Waals surface area contributed by atoms with E-state index in [1.807, 2.05) is 12.1 Å². The monoisotopic (exact) mass is 298 g/mol. The second-order valence-corrected chi connectivity index (χ2v) is 4.68. The van der Waals surface area contributed by atoms with Gasteiger partial charge in [0, 0.05) is 12.7 Å². The molecule has 5 nitrogen and oxygen atoms in total. The minimum absolute atomic E-state index is 0.246. The maximum atomic E-state index is 12.8. The van der Waals surface area contributed by atoms with Gasteiger partial charge in [0.2, 0.25) is 5.95 Å². The van der Waals surface area contributed by atoms with Crippen LogP contribution >= 0.6 is 0 Å². The molecule has 0 aliphatic rings. The van der Waals surface area contributed by atoms with Crippen molar-refractivity contribution in [3.8, 4) is 0 Å². The number of nitrogens with zero attached hydrogens (tertiary/aromatic N) is 2. The Hall–Kier alpha value is -2.89. The Bertz CT molecular complexity index is 713. The van der Waals surface area contributed by atoms with Crippen LogP contribution in [0.5, 0.6) is 0 Å². The molecule has 2 N–H and O–H groups in total. The Morgan fingerprint density at radius 3 is 2.64 bits per heavy atom. The van der Waals surface area contributed by atoms with Gasteiger partial charge in [0.25, 0.3) is 0 Å². The third kappa shape index (κ3) is 3.82. The largest absolute Gasteiger partial charge is 0.467 e. The van der Waals surface area contributed by atoms with Gasteiger partial charge in [0.05, 0.1) is 12.8 Å². The Morgan fingerprint density at radius 1 is 1.00 bits per heavy atom. The molecule has 0 spiro atoms. The maximum Gasteiger partial charge on any atom is 0.224 e. The van der Waals surface area contributed by atoms with Crippen LogP contribution in [-0.4, -0.2) is 9.97 Å². The molecule has 0 atom stereocenters. The molecule has 1 aromatic carbocycles. The topological polar surface area (TPSA) is 63.0 Å². The summed E-state index contributed by atoms with van der Waals surface area (Å²) in [6, 6.07) is 11.8. The average molecular weight is 298 g/mol. The molecule has 22 heavy (non-hydrogen) atoms. The van der Waals surface area contributed by atoms with Crippen molar-refractivity contribution in [1.29, 1.82) is 0 Å². The van der Waals surface area contributed by atoms with Gasteiger partial charge in [0.15, 0.2) is 0 Å². The van der Waals surface area contributed by atoms with Gasteiger partial charge in [-0.2, -0.15) is 4.98 Å². The quantitative estimate of drug-likeness (QED) is 0.730. The smallest absolute Gasteiger partial charge is 0.224 e. The zero-order valence-corrected chi connectivity index (χ0v) is 11.8. The van der Waals surface area contributed by atoms with Crippen molar-refractivity contribution in [2.75, 3.05) is 10.6 Å². The highest BCUT2D eigenvalue weighted by Crippen LogP contribution is 2.10. The van der Waals surface area contributed by atoms with Crippen molar-refractivity contribution in [2.24, 2.45) is 0 Å². The van der Waals surface area contributed by atoms with Crippen molar-refractivity contribution in [3.63, 3.8) is 0 Å². The predicted octanol–water partition coefficient (Wildman–Crippen LogP) is 3.43. The highest BCUT2D eigenvalue weighted by molar-refractivity contribution is 5.40. The van der Waals surface area contributed by atoms with E-state index in [-0.39, 0.29) is 5.82 Å². The standard InChI is InChI=1S/C16H15FN4O/c17-13-5-3-12(4-6-13)10-20-16-18-8-7-15(21-16)19-11-14-2-1-9-22-14/h1-9H,10-11H2,(H2,18,19,20,21). The first-order valence-corrected chi connectivity index (χ1v) is 6.87.